The van der Waals surface area contributed by atoms with Crippen LogP contribution in [-0.4, -0.2) is 26.0 Å². The Morgan fingerprint density at radius 2 is 1.69 bits per heavy atom. The molecule has 148 valence electrons. The van der Waals surface area contributed by atoms with Gasteiger partial charge in [0.25, 0.3) is 11.8 Å². The van der Waals surface area contributed by atoms with E-state index in [9.17, 15) is 9.59 Å². The zero-order valence-electron chi connectivity index (χ0n) is 16.0. The molecule has 0 unspecified atom stereocenters. The lowest BCUT2D eigenvalue weighted by Crippen LogP contribution is -2.30. The fourth-order valence-electron chi connectivity index (χ4n) is 2.57. The van der Waals surface area contributed by atoms with Gasteiger partial charge in [-0.05, 0) is 42.5 Å². The van der Waals surface area contributed by atoms with Crippen molar-refractivity contribution in [3.05, 3.63) is 83.9 Å². The van der Waals surface area contributed by atoms with Gasteiger partial charge in [0.15, 0.2) is 11.5 Å². The van der Waals surface area contributed by atoms with Gasteiger partial charge < -0.3 is 24.5 Å². The topological polar surface area (TPSA) is 89.8 Å². The maximum Gasteiger partial charge on any atom is 0.272 e. The highest BCUT2D eigenvalue weighted by Crippen LogP contribution is 2.27. The standard InChI is InChI=1S/C22H20N2O5/c1-27-19-11-10-15(13-20(19)28-2)21(25)24-18(14-17-9-6-12-29-17)22(26)23-16-7-4-3-5-8-16/h3-14H,1-2H3,(H,23,26)(H,24,25)/b18-14-. The second-order valence-corrected chi connectivity index (χ2v) is 5.92. The SMILES string of the molecule is COc1ccc(C(=O)N/C(=C\c2ccco2)C(=O)Nc2ccccc2)cc1OC. The molecule has 7 heteroatoms. The van der Waals surface area contributed by atoms with E-state index in [1.165, 1.54) is 32.6 Å². The van der Waals surface area contributed by atoms with Gasteiger partial charge in [0.1, 0.15) is 11.5 Å². The highest BCUT2D eigenvalue weighted by molar-refractivity contribution is 6.10. The number of rotatable bonds is 7. The summed E-state index contributed by atoms with van der Waals surface area (Å²) >= 11 is 0. The summed E-state index contributed by atoms with van der Waals surface area (Å²) in [4.78, 5) is 25.5. The van der Waals surface area contributed by atoms with Gasteiger partial charge in [-0.15, -0.1) is 0 Å². The summed E-state index contributed by atoms with van der Waals surface area (Å²) in [6, 6.07) is 17.0. The highest BCUT2D eigenvalue weighted by atomic mass is 16.5. The Hall–Kier alpha value is -4.00. The Bertz CT molecular complexity index is 1010. The predicted octanol–water partition coefficient (Wildman–Crippen LogP) is 3.71. The molecule has 3 rings (SSSR count). The Kier molecular flexibility index (Phi) is 6.32. The molecule has 0 spiro atoms. The average molecular weight is 392 g/mol. The molecule has 0 atom stereocenters. The largest absolute Gasteiger partial charge is 0.493 e. The van der Waals surface area contributed by atoms with Gasteiger partial charge in [-0.1, -0.05) is 18.2 Å². The molecule has 0 radical (unpaired) electrons. The lowest BCUT2D eigenvalue weighted by Gasteiger charge is -2.12. The fourth-order valence-corrected chi connectivity index (χ4v) is 2.57. The highest BCUT2D eigenvalue weighted by Gasteiger charge is 2.17. The van der Waals surface area contributed by atoms with Crippen LogP contribution in [-0.2, 0) is 4.79 Å². The van der Waals surface area contributed by atoms with E-state index in [4.69, 9.17) is 13.9 Å². The van der Waals surface area contributed by atoms with E-state index in [1.54, 1.807) is 48.5 Å². The van der Waals surface area contributed by atoms with Crippen LogP contribution in [0.2, 0.25) is 0 Å². The molecular weight excluding hydrogens is 372 g/mol. The maximum atomic E-state index is 12.7. The van der Waals surface area contributed by atoms with Crippen molar-refractivity contribution in [1.82, 2.24) is 5.32 Å². The van der Waals surface area contributed by atoms with Crippen molar-refractivity contribution in [2.45, 2.75) is 0 Å². The molecule has 0 bridgehead atoms. The average Bonchev–Trinajstić information content (AvgIpc) is 3.26. The van der Waals surface area contributed by atoms with Crippen LogP contribution in [0.1, 0.15) is 16.1 Å². The maximum absolute atomic E-state index is 12.7. The van der Waals surface area contributed by atoms with Crippen molar-refractivity contribution in [2.24, 2.45) is 0 Å². The van der Waals surface area contributed by atoms with E-state index in [2.05, 4.69) is 10.6 Å². The number of carbonyl (C=O) groups is 2. The molecule has 3 aromatic rings. The summed E-state index contributed by atoms with van der Waals surface area (Å²) in [5, 5.41) is 5.38. The first-order valence-corrected chi connectivity index (χ1v) is 8.75. The molecule has 0 aliphatic rings. The quantitative estimate of drug-likeness (QED) is 0.599. The Morgan fingerprint density at radius 3 is 2.34 bits per heavy atom. The number of hydrogen-bond acceptors (Lipinski definition) is 5. The number of anilines is 1. The third kappa shape index (κ3) is 5.04. The molecule has 2 N–H and O–H groups in total. The lowest BCUT2D eigenvalue weighted by atomic mass is 10.1. The van der Waals surface area contributed by atoms with Crippen molar-refractivity contribution < 1.29 is 23.5 Å². The number of amides is 2. The van der Waals surface area contributed by atoms with Gasteiger partial charge in [-0.25, -0.2) is 0 Å². The number of methoxy groups -OCH3 is 2. The second kappa shape index (κ2) is 9.27. The minimum Gasteiger partial charge on any atom is -0.493 e. The molecule has 29 heavy (non-hydrogen) atoms. The van der Waals surface area contributed by atoms with Crippen molar-refractivity contribution in [3.63, 3.8) is 0 Å². The van der Waals surface area contributed by atoms with Crippen LogP contribution in [0.4, 0.5) is 5.69 Å². The van der Waals surface area contributed by atoms with E-state index < -0.39 is 11.8 Å². The molecule has 0 saturated carbocycles. The van der Waals surface area contributed by atoms with Crippen molar-refractivity contribution in [1.29, 1.82) is 0 Å². The molecule has 2 amide bonds. The second-order valence-electron chi connectivity index (χ2n) is 5.92. The predicted molar refractivity (Wildman–Crippen MR) is 109 cm³/mol. The summed E-state index contributed by atoms with van der Waals surface area (Å²) in [5.74, 6) is 0.367. The van der Waals surface area contributed by atoms with Gasteiger partial charge in [-0.3, -0.25) is 9.59 Å². The van der Waals surface area contributed by atoms with E-state index in [1.807, 2.05) is 6.07 Å². The number of benzene rings is 2. The molecule has 0 aliphatic carbocycles. The number of carbonyl (C=O) groups excluding carboxylic acids is 2. The molecule has 0 fully saturated rings. The summed E-state index contributed by atoms with van der Waals surface area (Å²) in [7, 11) is 2.99. The minimum atomic E-state index is -0.485. The Labute approximate surface area is 167 Å². The zero-order chi connectivity index (χ0) is 20.6. The third-order valence-corrected chi connectivity index (χ3v) is 4.00. The number of nitrogens with one attached hydrogen (secondary N) is 2. The van der Waals surface area contributed by atoms with Crippen LogP contribution < -0.4 is 20.1 Å². The molecular formula is C22H20N2O5. The van der Waals surface area contributed by atoms with Crippen LogP contribution in [0.25, 0.3) is 6.08 Å². The minimum absolute atomic E-state index is 0.0311. The van der Waals surface area contributed by atoms with Crippen molar-refractivity contribution >= 4 is 23.6 Å². The Balaban J connectivity index is 1.85. The first-order valence-electron chi connectivity index (χ1n) is 8.75. The number of hydrogen-bond donors (Lipinski definition) is 2. The monoisotopic (exact) mass is 392 g/mol. The summed E-state index contributed by atoms with van der Waals surface area (Å²) < 4.78 is 15.7. The lowest BCUT2D eigenvalue weighted by molar-refractivity contribution is -0.113. The molecule has 0 saturated heterocycles. The number of ether oxygens (including phenoxy) is 2. The molecule has 2 aromatic carbocycles. The van der Waals surface area contributed by atoms with Crippen molar-refractivity contribution in [3.8, 4) is 11.5 Å². The Morgan fingerprint density at radius 1 is 0.931 bits per heavy atom. The van der Waals surface area contributed by atoms with E-state index in [-0.39, 0.29) is 5.70 Å². The number of para-hydroxylation sites is 1. The van der Waals surface area contributed by atoms with E-state index in [0.29, 0.717) is 28.5 Å². The van der Waals surface area contributed by atoms with Gasteiger partial charge in [0.2, 0.25) is 0 Å². The summed E-state index contributed by atoms with van der Waals surface area (Å²) in [5.41, 5.74) is 0.937. The first kappa shape index (κ1) is 19.8. The first-order chi connectivity index (χ1) is 14.1. The van der Waals surface area contributed by atoms with E-state index >= 15 is 0 Å². The fraction of sp³-hybridized carbons (Fsp3) is 0.0909. The normalized spacial score (nSPS) is 10.9. The van der Waals surface area contributed by atoms with E-state index in [0.717, 1.165) is 0 Å². The van der Waals surface area contributed by atoms with Crippen LogP contribution in [0.5, 0.6) is 11.5 Å². The zero-order valence-corrected chi connectivity index (χ0v) is 16.0. The van der Waals surface area contributed by atoms with Gasteiger partial charge in [-0.2, -0.15) is 0 Å². The summed E-state index contributed by atoms with van der Waals surface area (Å²) in [6.45, 7) is 0. The molecule has 1 aromatic heterocycles. The van der Waals surface area contributed by atoms with Gasteiger partial charge >= 0.3 is 0 Å². The summed E-state index contributed by atoms with van der Waals surface area (Å²) in [6.07, 6.45) is 2.94. The molecule has 1 heterocycles. The third-order valence-electron chi connectivity index (χ3n) is 4.00. The molecule has 0 aliphatic heterocycles. The number of furan rings is 1. The van der Waals surface area contributed by atoms with Gasteiger partial charge in [0, 0.05) is 17.3 Å². The van der Waals surface area contributed by atoms with Crippen LogP contribution >= 0.6 is 0 Å². The van der Waals surface area contributed by atoms with Crippen LogP contribution in [0, 0.1) is 0 Å². The smallest absolute Gasteiger partial charge is 0.272 e. The van der Waals surface area contributed by atoms with Crippen LogP contribution in [0.15, 0.2) is 77.0 Å². The van der Waals surface area contributed by atoms with Gasteiger partial charge in [0.05, 0.1) is 20.5 Å². The molecule has 7 nitrogen and oxygen atoms in total. The van der Waals surface area contributed by atoms with Crippen molar-refractivity contribution in [2.75, 3.05) is 19.5 Å². The van der Waals surface area contributed by atoms with Crippen LogP contribution in [0.3, 0.4) is 0 Å².